The summed E-state index contributed by atoms with van der Waals surface area (Å²) in [7, 11) is -1.51. The molecule has 0 bridgehead atoms. The summed E-state index contributed by atoms with van der Waals surface area (Å²) in [5, 5.41) is 19.6. The van der Waals surface area contributed by atoms with E-state index in [1.165, 1.54) is 28.9 Å². The molecule has 0 saturated carbocycles. The van der Waals surface area contributed by atoms with E-state index < -0.39 is 66.0 Å². The van der Waals surface area contributed by atoms with Crippen molar-refractivity contribution in [3.8, 4) is 23.6 Å². The van der Waals surface area contributed by atoms with Gasteiger partial charge in [-0.05, 0) is 104 Å². The number of Topliss-reactive ketones (excluding diaryl/α,β-unsaturated/α-hetero) is 1. The zero-order valence-corrected chi connectivity index (χ0v) is 47.4. The monoisotopic (exact) mass is 1240 g/mol. The predicted octanol–water partition coefficient (Wildman–Crippen LogP) is 14.5. The molecule has 20 nitrogen and oxygen atoms in total. The van der Waals surface area contributed by atoms with Gasteiger partial charge >= 0.3 is 43.5 Å². The molecule has 0 saturated heterocycles. The molecule has 0 aliphatic heterocycles. The lowest BCUT2D eigenvalue weighted by atomic mass is 10.1. The van der Waals surface area contributed by atoms with Gasteiger partial charge in [0, 0.05) is 71.2 Å². The van der Waals surface area contributed by atoms with Gasteiger partial charge in [-0.25, -0.2) is 9.25 Å². The minimum Gasteiger partial charge on any atom is -0.466 e. The fourth-order valence-corrected chi connectivity index (χ4v) is 7.72. The number of carbonyl (C=O) groups is 4. The number of benzene rings is 6. The van der Waals surface area contributed by atoms with Crippen LogP contribution < -0.4 is 16.0 Å². The van der Waals surface area contributed by atoms with E-state index in [1.54, 1.807) is 105 Å². The number of aldehydes is 1. The molecule has 6 aromatic carbocycles. The Kier molecular flexibility index (Phi) is 28.3. The topological polar surface area (TPSA) is 274 Å². The summed E-state index contributed by atoms with van der Waals surface area (Å²) in [6, 6.07) is 35.3. The minimum absolute atomic E-state index is 0.0793. The number of carbonyl (C=O) groups excluding carboxylic acids is 4. The Labute approximate surface area is 491 Å². The number of halogens is 9. The summed E-state index contributed by atoms with van der Waals surface area (Å²) in [6.45, 7) is 4.78. The number of aromatic nitrogens is 3. The second kappa shape index (κ2) is 34.6. The fraction of sp³-hybridized carbons (Fsp3) is 0.211. The van der Waals surface area contributed by atoms with Crippen LogP contribution in [0.15, 0.2) is 157 Å². The third-order valence-electron chi connectivity index (χ3n) is 10.6. The van der Waals surface area contributed by atoms with Crippen LogP contribution in [0.25, 0.3) is 27.2 Å². The maximum atomic E-state index is 12.9. The lowest BCUT2D eigenvalue weighted by Crippen LogP contribution is -2.13. The molecule has 3 N–H and O–H groups in total. The first-order valence-electron chi connectivity index (χ1n) is 24.9. The van der Waals surface area contributed by atoms with Gasteiger partial charge in [0.05, 0.1) is 41.8 Å². The van der Waals surface area contributed by atoms with E-state index in [2.05, 4.69) is 60.8 Å². The molecule has 0 spiro atoms. The third-order valence-corrected chi connectivity index (χ3v) is 12.5. The van der Waals surface area contributed by atoms with Crippen molar-refractivity contribution < 1.29 is 86.6 Å². The van der Waals surface area contributed by atoms with Crippen LogP contribution in [0.4, 0.5) is 73.6 Å². The molecule has 7 aromatic rings. The molecule has 0 aliphatic carbocycles. The van der Waals surface area contributed by atoms with E-state index in [9.17, 15) is 63.3 Å². The molecule has 87 heavy (non-hydrogen) atoms. The lowest BCUT2D eigenvalue weighted by Gasteiger charge is -2.13. The summed E-state index contributed by atoms with van der Waals surface area (Å²) in [6.07, 6.45) is -5.61. The SMILES string of the molecule is C#Cc1ccccc1Nc1cccc(C(F)(F)F)c1.CCOC(=O)CN=[N+]=[N-].CCOC(=O)Cn1cc(-c2ccccc2Nc2cccc(C(F)(F)F)c2)nn1.COP(=O)(OC)C(=[N+]=[N-])C(C)=O.O=Cc1ccccc1Nc1cccc(C(F)(F)F)c1. The van der Waals surface area contributed by atoms with Crippen molar-refractivity contribution in [1.29, 1.82) is 0 Å². The Hall–Kier alpha value is -10.1. The first-order valence-corrected chi connectivity index (χ1v) is 26.4. The van der Waals surface area contributed by atoms with Gasteiger partial charge < -0.3 is 40.0 Å². The molecule has 1 heterocycles. The number of rotatable bonds is 18. The van der Waals surface area contributed by atoms with Crippen LogP contribution in [-0.4, -0.2) is 83.2 Å². The van der Waals surface area contributed by atoms with Crippen molar-refractivity contribution in [2.75, 3.05) is 49.9 Å². The number of para-hydroxylation sites is 3. The highest BCUT2D eigenvalue weighted by Gasteiger charge is 2.42. The summed E-state index contributed by atoms with van der Waals surface area (Å²) >= 11 is 0. The average molecular weight is 1240 g/mol. The number of azide groups is 1. The van der Waals surface area contributed by atoms with Crippen LogP contribution in [0.5, 0.6) is 0 Å². The molecule has 0 amide bonds. The van der Waals surface area contributed by atoms with Crippen molar-refractivity contribution in [3.05, 3.63) is 196 Å². The molecule has 0 atom stereocenters. The van der Waals surface area contributed by atoms with Gasteiger partial charge in [-0.1, -0.05) is 76.9 Å². The number of anilines is 6. The molecule has 1 aromatic heterocycles. The van der Waals surface area contributed by atoms with Crippen LogP contribution in [0.3, 0.4) is 0 Å². The Morgan fingerprint density at radius 3 is 1.55 bits per heavy atom. The second-order valence-corrected chi connectivity index (χ2v) is 18.8. The van der Waals surface area contributed by atoms with E-state index in [4.69, 9.17) is 22.2 Å². The number of ether oxygens (including phenoxy) is 2. The third kappa shape index (κ3) is 23.8. The summed E-state index contributed by atoms with van der Waals surface area (Å²) in [5.41, 5.74) is 17.9. The highest BCUT2D eigenvalue weighted by Crippen LogP contribution is 2.47. The number of hydrogen-bond acceptors (Lipinski definition) is 15. The predicted molar refractivity (Wildman–Crippen MR) is 304 cm³/mol. The quantitative estimate of drug-likeness (QED) is 0.00830. The molecule has 0 unspecified atom stereocenters. The first-order chi connectivity index (χ1) is 41.2. The van der Waals surface area contributed by atoms with Gasteiger partial charge in [0.25, 0.3) is 0 Å². The maximum absolute atomic E-state index is 12.9. The number of terminal acetylenes is 1. The zero-order valence-electron chi connectivity index (χ0n) is 46.5. The van der Waals surface area contributed by atoms with Gasteiger partial charge in [-0.15, -0.1) is 11.5 Å². The van der Waals surface area contributed by atoms with Crippen LogP contribution in [0.1, 0.15) is 53.4 Å². The van der Waals surface area contributed by atoms with Gasteiger partial charge in [0.1, 0.15) is 18.8 Å². The molecule has 0 aliphatic rings. The van der Waals surface area contributed by atoms with E-state index in [-0.39, 0.29) is 25.4 Å². The maximum Gasteiger partial charge on any atom is 0.446 e. The summed E-state index contributed by atoms with van der Waals surface area (Å²) in [4.78, 5) is 48.4. The van der Waals surface area contributed by atoms with E-state index in [0.717, 1.165) is 57.5 Å². The molecular formula is C57H53F9N11O9P. The first kappa shape index (κ1) is 71.2. The molecule has 7 rings (SSSR count). The lowest BCUT2D eigenvalue weighted by molar-refractivity contribution is -0.144. The van der Waals surface area contributed by atoms with Crippen LogP contribution in [-0.2, 0) is 62.5 Å². The van der Waals surface area contributed by atoms with Crippen molar-refractivity contribution in [3.63, 3.8) is 0 Å². The molecular weight excluding hydrogens is 1180 g/mol. The molecule has 30 heteroatoms. The minimum atomic E-state index is -4.42. The fourth-order valence-electron chi connectivity index (χ4n) is 6.73. The highest BCUT2D eigenvalue weighted by atomic mass is 31.2. The smallest absolute Gasteiger partial charge is 0.446 e. The van der Waals surface area contributed by atoms with Crippen LogP contribution in [0, 0.1) is 12.3 Å². The average Bonchev–Trinajstić information content (AvgIpc) is 2.99. The normalized spacial score (nSPS) is 10.7. The van der Waals surface area contributed by atoms with Gasteiger partial charge in [0.2, 0.25) is 5.78 Å². The molecule has 0 radical (unpaired) electrons. The summed E-state index contributed by atoms with van der Waals surface area (Å²) < 4.78 is 145. The number of nitrogens with one attached hydrogen (secondary N) is 3. The zero-order chi connectivity index (χ0) is 64.8. The van der Waals surface area contributed by atoms with E-state index >= 15 is 0 Å². The van der Waals surface area contributed by atoms with Crippen molar-refractivity contribution in [2.45, 2.75) is 45.8 Å². The van der Waals surface area contributed by atoms with Crippen molar-refractivity contribution in [1.82, 2.24) is 15.0 Å². The van der Waals surface area contributed by atoms with Crippen LogP contribution in [0.2, 0.25) is 0 Å². The van der Waals surface area contributed by atoms with Crippen molar-refractivity contribution >= 4 is 71.2 Å². The van der Waals surface area contributed by atoms with E-state index in [1.807, 2.05) is 0 Å². The Bertz CT molecular complexity index is 3630. The van der Waals surface area contributed by atoms with E-state index in [0.29, 0.717) is 63.7 Å². The number of esters is 2. The Morgan fingerprint density at radius 2 is 1.11 bits per heavy atom. The number of ketones is 1. The number of hydrogen-bond donors (Lipinski definition) is 3. The number of nitrogens with zero attached hydrogens (tertiary/aromatic N) is 8. The van der Waals surface area contributed by atoms with Gasteiger partial charge in [-0.2, -0.15) is 44.3 Å². The highest BCUT2D eigenvalue weighted by molar-refractivity contribution is 7.74. The second-order valence-electron chi connectivity index (χ2n) is 16.7. The molecule has 0 fully saturated rings. The molecule has 458 valence electrons. The Balaban J connectivity index is 0.000000299. The van der Waals surface area contributed by atoms with Gasteiger partial charge in [0.15, 0.2) is 6.29 Å². The summed E-state index contributed by atoms with van der Waals surface area (Å²) in [5.74, 6) is 0.887. The van der Waals surface area contributed by atoms with Crippen molar-refractivity contribution in [2.24, 2.45) is 5.11 Å². The largest absolute Gasteiger partial charge is 0.466 e. The standard InChI is InChI=1S/C19H17F3N4O2.C15H10F3N.C14H10F3NO.C5H9N2O4P.C4H7N3O2/c1-2-28-18(27)12-26-11-17(24-25-26)15-8-3-4-9-16(15)23-14-7-5-6-13(10-14)19(20,21)22;1-2-11-6-3-4-9-14(11)19-13-8-5-7-12(10-13)15(16,17)18;15-14(16,17)11-5-3-6-12(8-11)18-13-7-2-1-4-10(13)9-19;1-4(8)5(7-6)12(9,10-2)11-3;1-2-9-4(8)3-6-7-5/h3-11,23H,2,12H2,1H3;1,3-10,19H;1-9,18H;1-3H3;2-3H2,1H3. The van der Waals surface area contributed by atoms with Gasteiger partial charge in [-0.3, -0.25) is 19.2 Å². The number of alkyl halides is 9. The Morgan fingerprint density at radius 1 is 0.667 bits per heavy atom. The van der Waals surface area contributed by atoms with Crippen LogP contribution >= 0.6 is 7.60 Å².